The third-order valence-corrected chi connectivity index (χ3v) is 0.882. The molecule has 8 heavy (non-hydrogen) atoms. The topological polar surface area (TPSA) is 15.6 Å². The monoisotopic (exact) mass is 116 g/mol. The minimum absolute atomic E-state index is 0. The van der Waals surface area contributed by atoms with Gasteiger partial charge in [0.05, 0.1) is 6.54 Å². The predicted molar refractivity (Wildman–Crippen MR) is 32.8 cm³/mol. The Hall–Kier alpha value is -0.860. The quantitative estimate of drug-likeness (QED) is 0.453. The van der Waals surface area contributed by atoms with E-state index in [9.17, 15) is 0 Å². The standard InChI is InChI=1S/C5H8N2.FH/c1-7-4-2-6-3-5-7;/h2-4H,5H2,1H3;1H. The van der Waals surface area contributed by atoms with E-state index in [2.05, 4.69) is 9.89 Å². The third-order valence-electron chi connectivity index (χ3n) is 0.882. The van der Waals surface area contributed by atoms with Crippen LogP contribution in [0.3, 0.4) is 0 Å². The van der Waals surface area contributed by atoms with Gasteiger partial charge in [0.2, 0.25) is 0 Å². The van der Waals surface area contributed by atoms with E-state index in [1.165, 1.54) is 0 Å². The first-order chi connectivity index (χ1) is 3.39. The molecule has 0 fully saturated rings. The molecule has 2 nitrogen and oxygen atoms in total. The lowest BCUT2D eigenvalue weighted by atomic mass is 10.6. The maximum atomic E-state index is 3.88. The van der Waals surface area contributed by atoms with Crippen molar-refractivity contribution in [2.75, 3.05) is 13.6 Å². The van der Waals surface area contributed by atoms with Crippen LogP contribution in [0.25, 0.3) is 0 Å². The van der Waals surface area contributed by atoms with Crippen LogP contribution in [0.1, 0.15) is 0 Å². The van der Waals surface area contributed by atoms with Crippen molar-refractivity contribution in [2.45, 2.75) is 0 Å². The van der Waals surface area contributed by atoms with Gasteiger partial charge in [0.25, 0.3) is 0 Å². The van der Waals surface area contributed by atoms with Crippen LogP contribution in [0, 0.1) is 0 Å². The van der Waals surface area contributed by atoms with Gasteiger partial charge in [-0.3, -0.25) is 9.70 Å². The van der Waals surface area contributed by atoms with Crippen LogP contribution in [-0.2, 0) is 0 Å². The molecule has 3 heteroatoms. The fourth-order valence-electron chi connectivity index (χ4n) is 0.450. The molecule has 1 aliphatic rings. The second-order valence-electron chi connectivity index (χ2n) is 1.57. The molecule has 0 atom stereocenters. The molecule has 0 radical (unpaired) electrons. The second-order valence-corrected chi connectivity index (χ2v) is 1.57. The van der Waals surface area contributed by atoms with Crippen LogP contribution in [0.4, 0.5) is 4.70 Å². The van der Waals surface area contributed by atoms with E-state index in [1.54, 1.807) is 6.20 Å². The summed E-state index contributed by atoms with van der Waals surface area (Å²) in [6.45, 7) is 0.941. The first-order valence-corrected chi connectivity index (χ1v) is 2.28. The molecular weight excluding hydrogens is 107 g/mol. The average Bonchev–Trinajstić information content (AvgIpc) is 1.69. The maximum absolute atomic E-state index is 3.88. The molecule has 0 unspecified atom stereocenters. The van der Waals surface area contributed by atoms with E-state index in [-0.39, 0.29) is 4.70 Å². The van der Waals surface area contributed by atoms with Gasteiger partial charge in [-0.25, -0.2) is 0 Å². The summed E-state index contributed by atoms with van der Waals surface area (Å²) in [5.41, 5.74) is 0. The van der Waals surface area contributed by atoms with Crippen molar-refractivity contribution in [3.05, 3.63) is 12.4 Å². The van der Waals surface area contributed by atoms with Gasteiger partial charge in [0.1, 0.15) is 0 Å². The highest BCUT2D eigenvalue weighted by Crippen LogP contribution is 1.87. The van der Waals surface area contributed by atoms with Crippen molar-refractivity contribution in [1.82, 2.24) is 4.90 Å². The zero-order valence-electron chi connectivity index (χ0n) is 4.74. The number of hydrogen-bond acceptors (Lipinski definition) is 2. The number of hydrogen-bond donors (Lipinski definition) is 0. The normalized spacial score (nSPS) is 15.9. The van der Waals surface area contributed by atoms with Crippen LogP contribution in [0.2, 0.25) is 0 Å². The van der Waals surface area contributed by atoms with E-state index >= 15 is 0 Å². The van der Waals surface area contributed by atoms with Gasteiger partial charge >= 0.3 is 0 Å². The highest BCUT2D eigenvalue weighted by atomic mass is 19.0. The van der Waals surface area contributed by atoms with Gasteiger partial charge in [-0.1, -0.05) is 0 Å². The summed E-state index contributed by atoms with van der Waals surface area (Å²) in [6, 6.07) is 0. The van der Waals surface area contributed by atoms with Crippen molar-refractivity contribution in [2.24, 2.45) is 4.99 Å². The minimum atomic E-state index is 0. The Kier molecular flexibility index (Phi) is 2.84. The van der Waals surface area contributed by atoms with Crippen molar-refractivity contribution in [3.63, 3.8) is 0 Å². The molecule has 46 valence electrons. The van der Waals surface area contributed by atoms with Gasteiger partial charge in [-0.2, -0.15) is 0 Å². The van der Waals surface area contributed by atoms with Gasteiger partial charge in [0.15, 0.2) is 0 Å². The molecule has 0 amide bonds. The summed E-state index contributed by atoms with van der Waals surface area (Å²) in [5.74, 6) is 0. The van der Waals surface area contributed by atoms with Gasteiger partial charge in [-0.15, -0.1) is 0 Å². The fourth-order valence-corrected chi connectivity index (χ4v) is 0.450. The Morgan fingerprint density at radius 2 is 2.38 bits per heavy atom. The van der Waals surface area contributed by atoms with Crippen LogP contribution < -0.4 is 0 Å². The van der Waals surface area contributed by atoms with E-state index in [4.69, 9.17) is 0 Å². The Bertz CT molecular complexity index is 109. The average molecular weight is 116 g/mol. The zero-order valence-corrected chi connectivity index (χ0v) is 4.74. The van der Waals surface area contributed by atoms with E-state index in [0.29, 0.717) is 0 Å². The van der Waals surface area contributed by atoms with Crippen LogP contribution >= 0.6 is 0 Å². The SMILES string of the molecule is CN1C=CN=CC1.F. The molecule has 0 aliphatic carbocycles. The number of nitrogens with zero attached hydrogens (tertiary/aromatic N) is 2. The Labute approximate surface area is 47.9 Å². The maximum Gasteiger partial charge on any atom is 0.0524 e. The highest BCUT2D eigenvalue weighted by molar-refractivity contribution is 5.61. The fraction of sp³-hybridized carbons (Fsp3) is 0.400. The summed E-state index contributed by atoms with van der Waals surface area (Å²) in [4.78, 5) is 5.94. The van der Waals surface area contributed by atoms with Crippen molar-refractivity contribution in [1.29, 1.82) is 0 Å². The molecule has 1 aliphatic heterocycles. The Morgan fingerprint density at radius 3 is 2.62 bits per heavy atom. The molecule has 0 aromatic carbocycles. The first-order valence-electron chi connectivity index (χ1n) is 2.28. The predicted octanol–water partition coefficient (Wildman–Crippen LogP) is 0.626. The zero-order chi connectivity index (χ0) is 5.11. The van der Waals surface area contributed by atoms with Crippen molar-refractivity contribution in [3.8, 4) is 0 Å². The molecule has 0 spiro atoms. The highest BCUT2D eigenvalue weighted by Gasteiger charge is 1.87. The molecule has 0 aromatic heterocycles. The molecule has 0 aromatic rings. The van der Waals surface area contributed by atoms with Gasteiger partial charge in [0, 0.05) is 25.7 Å². The lowest BCUT2D eigenvalue weighted by Gasteiger charge is -2.10. The molecule has 1 rings (SSSR count). The van der Waals surface area contributed by atoms with Crippen LogP contribution in [-0.4, -0.2) is 24.7 Å². The largest absolute Gasteiger partial charge is 0.374 e. The smallest absolute Gasteiger partial charge is 0.0524 e. The third kappa shape index (κ3) is 1.73. The van der Waals surface area contributed by atoms with Gasteiger partial charge < -0.3 is 4.90 Å². The Balaban J connectivity index is 0.000000490. The molecule has 0 saturated carbocycles. The molecule has 1 heterocycles. The molecule has 0 N–H and O–H groups in total. The van der Waals surface area contributed by atoms with Crippen molar-refractivity contribution < 1.29 is 4.70 Å². The lowest BCUT2D eigenvalue weighted by molar-refractivity contribution is 0.522. The minimum Gasteiger partial charge on any atom is -0.374 e. The van der Waals surface area contributed by atoms with E-state index < -0.39 is 0 Å². The molecule has 0 saturated heterocycles. The summed E-state index contributed by atoms with van der Waals surface area (Å²) < 4.78 is 0. The van der Waals surface area contributed by atoms with Crippen LogP contribution in [0.5, 0.6) is 0 Å². The summed E-state index contributed by atoms with van der Waals surface area (Å²) in [5, 5.41) is 0. The summed E-state index contributed by atoms with van der Waals surface area (Å²) in [7, 11) is 2.02. The first kappa shape index (κ1) is 7.14. The number of halogens is 1. The molecule has 0 bridgehead atoms. The lowest BCUT2D eigenvalue weighted by Crippen LogP contribution is -2.14. The van der Waals surface area contributed by atoms with Crippen molar-refractivity contribution >= 4 is 6.21 Å². The number of rotatable bonds is 0. The second kappa shape index (κ2) is 3.18. The Morgan fingerprint density at radius 1 is 1.62 bits per heavy atom. The van der Waals surface area contributed by atoms with E-state index in [1.807, 2.05) is 19.5 Å². The summed E-state index contributed by atoms with van der Waals surface area (Å²) >= 11 is 0. The molecular formula is C5H9FN2. The van der Waals surface area contributed by atoms with Gasteiger partial charge in [-0.05, 0) is 0 Å². The number of aliphatic imine (C=N–C) groups is 1. The van der Waals surface area contributed by atoms with Crippen LogP contribution in [0.15, 0.2) is 17.4 Å². The van der Waals surface area contributed by atoms with E-state index in [0.717, 1.165) is 6.54 Å². The summed E-state index contributed by atoms with van der Waals surface area (Å²) in [6.07, 6.45) is 5.60.